The summed E-state index contributed by atoms with van der Waals surface area (Å²) in [7, 11) is 1.22. The van der Waals surface area contributed by atoms with E-state index < -0.39 is 10.0 Å². The van der Waals surface area contributed by atoms with Crippen molar-refractivity contribution in [3.63, 3.8) is 0 Å². The molecule has 1 N–H and O–H groups in total. The maximum Gasteiger partial charge on any atom is 0.256 e. The SMILES string of the molecule is COc1cccc(CN(C)C(=O)c2ccccc2NS(C)(=O)=O)c1OC. The van der Waals surface area contributed by atoms with Crippen LogP contribution in [-0.2, 0) is 16.6 Å². The van der Waals surface area contributed by atoms with Crippen molar-refractivity contribution in [3.8, 4) is 11.5 Å². The van der Waals surface area contributed by atoms with Crippen LogP contribution in [0.25, 0.3) is 0 Å². The van der Waals surface area contributed by atoms with E-state index in [1.807, 2.05) is 12.1 Å². The van der Waals surface area contributed by atoms with E-state index in [0.717, 1.165) is 11.8 Å². The standard InChI is InChI=1S/C18H22N2O5S/c1-20(12-13-8-7-11-16(24-2)17(13)25-3)18(21)14-9-5-6-10-15(14)19-26(4,22)23/h5-11,19H,12H2,1-4H3. The van der Waals surface area contributed by atoms with Gasteiger partial charge in [0.2, 0.25) is 10.0 Å². The van der Waals surface area contributed by atoms with E-state index in [1.165, 1.54) is 12.0 Å². The summed E-state index contributed by atoms with van der Waals surface area (Å²) in [6, 6.07) is 11.9. The molecule has 0 radical (unpaired) electrons. The minimum atomic E-state index is -3.49. The molecule has 2 rings (SSSR count). The number of benzene rings is 2. The average Bonchev–Trinajstić information content (AvgIpc) is 2.59. The van der Waals surface area contributed by atoms with E-state index >= 15 is 0 Å². The van der Waals surface area contributed by atoms with Gasteiger partial charge in [0.25, 0.3) is 5.91 Å². The lowest BCUT2D eigenvalue weighted by Gasteiger charge is -2.21. The Balaban J connectivity index is 2.29. The third-order valence-electron chi connectivity index (χ3n) is 3.69. The first-order chi connectivity index (χ1) is 12.3. The van der Waals surface area contributed by atoms with Crippen LogP contribution in [0.15, 0.2) is 42.5 Å². The van der Waals surface area contributed by atoms with Gasteiger partial charge in [0.15, 0.2) is 11.5 Å². The van der Waals surface area contributed by atoms with E-state index in [1.54, 1.807) is 44.5 Å². The van der Waals surface area contributed by atoms with Crippen molar-refractivity contribution in [2.75, 3.05) is 32.2 Å². The molecule has 2 aromatic carbocycles. The van der Waals surface area contributed by atoms with Crippen LogP contribution in [0.1, 0.15) is 15.9 Å². The molecule has 0 spiro atoms. The van der Waals surface area contributed by atoms with E-state index in [-0.39, 0.29) is 23.7 Å². The summed E-state index contributed by atoms with van der Waals surface area (Å²) in [4.78, 5) is 14.3. The van der Waals surface area contributed by atoms with E-state index in [2.05, 4.69) is 4.72 Å². The number of rotatable bonds is 7. The first-order valence-electron chi connectivity index (χ1n) is 7.79. The molecule has 1 amide bonds. The third-order valence-corrected chi connectivity index (χ3v) is 4.28. The minimum Gasteiger partial charge on any atom is -0.493 e. The molecular formula is C18H22N2O5S. The van der Waals surface area contributed by atoms with Crippen LogP contribution < -0.4 is 14.2 Å². The zero-order valence-corrected chi connectivity index (χ0v) is 16.0. The van der Waals surface area contributed by atoms with Crippen LogP contribution >= 0.6 is 0 Å². The van der Waals surface area contributed by atoms with Crippen molar-refractivity contribution in [2.24, 2.45) is 0 Å². The van der Waals surface area contributed by atoms with Crippen LogP contribution in [0.4, 0.5) is 5.69 Å². The van der Waals surface area contributed by atoms with Gasteiger partial charge in [-0.15, -0.1) is 0 Å². The molecule has 0 fully saturated rings. The number of nitrogens with one attached hydrogen (secondary N) is 1. The first-order valence-corrected chi connectivity index (χ1v) is 9.68. The first kappa shape index (κ1) is 19.6. The lowest BCUT2D eigenvalue weighted by molar-refractivity contribution is 0.0785. The molecule has 0 saturated heterocycles. The number of amides is 1. The summed E-state index contributed by atoms with van der Waals surface area (Å²) in [6.07, 6.45) is 1.04. The number of anilines is 1. The number of para-hydroxylation sites is 2. The highest BCUT2D eigenvalue weighted by atomic mass is 32.2. The zero-order valence-electron chi connectivity index (χ0n) is 15.1. The molecule has 0 aliphatic rings. The largest absolute Gasteiger partial charge is 0.493 e. The highest BCUT2D eigenvalue weighted by Crippen LogP contribution is 2.31. The molecule has 0 saturated carbocycles. The molecule has 0 unspecified atom stereocenters. The van der Waals surface area contributed by atoms with Gasteiger partial charge in [0, 0.05) is 19.2 Å². The number of ether oxygens (including phenoxy) is 2. The monoisotopic (exact) mass is 378 g/mol. The van der Waals surface area contributed by atoms with Crippen molar-refractivity contribution in [1.82, 2.24) is 4.90 Å². The second-order valence-electron chi connectivity index (χ2n) is 5.73. The van der Waals surface area contributed by atoms with Crippen molar-refractivity contribution in [1.29, 1.82) is 0 Å². The molecule has 2 aromatic rings. The molecule has 0 aliphatic carbocycles. The van der Waals surface area contributed by atoms with Gasteiger partial charge in [-0.1, -0.05) is 24.3 Å². The number of carbonyl (C=O) groups excluding carboxylic acids is 1. The predicted molar refractivity (Wildman–Crippen MR) is 100 cm³/mol. The summed E-state index contributed by atoms with van der Waals surface area (Å²) in [6.45, 7) is 0.270. The molecule has 8 heteroatoms. The molecule has 0 atom stereocenters. The number of hydrogen-bond acceptors (Lipinski definition) is 5. The van der Waals surface area contributed by atoms with Crippen molar-refractivity contribution < 1.29 is 22.7 Å². The molecule has 26 heavy (non-hydrogen) atoms. The van der Waals surface area contributed by atoms with Crippen LogP contribution in [0.2, 0.25) is 0 Å². The second-order valence-corrected chi connectivity index (χ2v) is 7.48. The molecule has 0 aromatic heterocycles. The summed E-state index contributed by atoms with van der Waals surface area (Å²) in [5, 5.41) is 0. The number of hydrogen-bond donors (Lipinski definition) is 1. The summed E-state index contributed by atoms with van der Waals surface area (Å²) in [5.41, 5.74) is 1.28. The number of carbonyl (C=O) groups is 1. The molecule has 0 aliphatic heterocycles. The maximum atomic E-state index is 12.8. The Labute approximate surface area is 153 Å². The van der Waals surface area contributed by atoms with Gasteiger partial charge in [-0.25, -0.2) is 8.42 Å². The highest BCUT2D eigenvalue weighted by Gasteiger charge is 2.19. The second kappa shape index (κ2) is 8.09. The van der Waals surface area contributed by atoms with Gasteiger partial charge >= 0.3 is 0 Å². The van der Waals surface area contributed by atoms with Gasteiger partial charge in [-0.2, -0.15) is 0 Å². The number of methoxy groups -OCH3 is 2. The Kier molecular flexibility index (Phi) is 6.10. The summed E-state index contributed by atoms with van der Waals surface area (Å²) >= 11 is 0. The molecule has 140 valence electrons. The fourth-order valence-corrected chi connectivity index (χ4v) is 3.15. The van der Waals surface area contributed by atoms with Crippen LogP contribution in [0.3, 0.4) is 0 Å². The summed E-state index contributed by atoms with van der Waals surface area (Å²) in [5.74, 6) is 0.809. The van der Waals surface area contributed by atoms with Crippen LogP contribution in [0.5, 0.6) is 11.5 Å². The lowest BCUT2D eigenvalue weighted by atomic mass is 10.1. The molecule has 0 heterocycles. The van der Waals surface area contributed by atoms with Gasteiger partial charge in [-0.05, 0) is 18.2 Å². The highest BCUT2D eigenvalue weighted by molar-refractivity contribution is 7.92. The summed E-state index contributed by atoms with van der Waals surface area (Å²) < 4.78 is 36.1. The Hall–Kier alpha value is -2.74. The molecular weight excluding hydrogens is 356 g/mol. The van der Waals surface area contributed by atoms with Gasteiger partial charge in [0.1, 0.15) is 0 Å². The zero-order chi connectivity index (χ0) is 19.3. The Morgan fingerprint density at radius 2 is 1.77 bits per heavy atom. The molecule has 7 nitrogen and oxygen atoms in total. The smallest absolute Gasteiger partial charge is 0.256 e. The lowest BCUT2D eigenvalue weighted by Crippen LogP contribution is -2.27. The van der Waals surface area contributed by atoms with Crippen molar-refractivity contribution in [3.05, 3.63) is 53.6 Å². The minimum absolute atomic E-state index is 0.240. The van der Waals surface area contributed by atoms with E-state index in [0.29, 0.717) is 11.5 Å². The fourth-order valence-electron chi connectivity index (χ4n) is 2.57. The average molecular weight is 378 g/mol. The fraction of sp³-hybridized carbons (Fsp3) is 0.278. The predicted octanol–water partition coefficient (Wildman–Crippen LogP) is 2.35. The Morgan fingerprint density at radius 3 is 2.38 bits per heavy atom. The van der Waals surface area contributed by atoms with E-state index in [9.17, 15) is 13.2 Å². The van der Waals surface area contributed by atoms with Gasteiger partial charge < -0.3 is 14.4 Å². The van der Waals surface area contributed by atoms with Crippen LogP contribution in [-0.4, -0.2) is 46.7 Å². The maximum absolute atomic E-state index is 12.8. The van der Waals surface area contributed by atoms with Crippen molar-refractivity contribution >= 4 is 21.6 Å². The van der Waals surface area contributed by atoms with Crippen LogP contribution in [0, 0.1) is 0 Å². The topological polar surface area (TPSA) is 84.9 Å². The van der Waals surface area contributed by atoms with Crippen molar-refractivity contribution in [2.45, 2.75) is 6.54 Å². The number of sulfonamides is 1. The quantitative estimate of drug-likeness (QED) is 0.799. The molecule has 0 bridgehead atoms. The Bertz CT molecular complexity index is 896. The third kappa shape index (κ3) is 4.66. The van der Waals surface area contributed by atoms with Gasteiger partial charge in [0.05, 0.1) is 31.7 Å². The number of nitrogens with zero attached hydrogens (tertiary/aromatic N) is 1. The van der Waals surface area contributed by atoms with E-state index in [4.69, 9.17) is 9.47 Å². The Morgan fingerprint density at radius 1 is 1.08 bits per heavy atom. The normalized spacial score (nSPS) is 10.9. The van der Waals surface area contributed by atoms with Gasteiger partial charge in [-0.3, -0.25) is 9.52 Å².